The largest absolute Gasteiger partial charge is 0.341 e. The number of nitriles is 1. The number of carbonyl (C=O) groups excluding carboxylic acids is 2. The summed E-state index contributed by atoms with van der Waals surface area (Å²) in [6.45, 7) is 6.12. The quantitative estimate of drug-likeness (QED) is 0.731. The lowest BCUT2D eigenvalue weighted by atomic mass is 10.2. The smallest absolute Gasteiger partial charge is 0.321 e. The van der Waals surface area contributed by atoms with Gasteiger partial charge < -0.3 is 5.32 Å². The van der Waals surface area contributed by atoms with Crippen LogP contribution in [0.3, 0.4) is 0 Å². The monoisotopic (exact) mass is 240 g/mol. The van der Waals surface area contributed by atoms with Gasteiger partial charge in [-0.3, -0.25) is 15.0 Å². The van der Waals surface area contributed by atoms with Gasteiger partial charge in [0, 0.05) is 26.1 Å². The predicted molar refractivity (Wildman–Crippen MR) is 64.1 cm³/mol. The van der Waals surface area contributed by atoms with E-state index in [1.807, 2.05) is 24.8 Å². The van der Waals surface area contributed by atoms with E-state index in [4.69, 9.17) is 5.26 Å². The first-order chi connectivity index (χ1) is 7.93. The Morgan fingerprint density at radius 2 is 1.94 bits per heavy atom. The highest BCUT2D eigenvalue weighted by Crippen LogP contribution is 2.06. The Bertz CT molecular complexity index is 309. The van der Waals surface area contributed by atoms with Gasteiger partial charge in [-0.25, -0.2) is 4.79 Å². The summed E-state index contributed by atoms with van der Waals surface area (Å²) in [6.07, 6.45) is 0.357. The molecule has 0 aromatic rings. The van der Waals surface area contributed by atoms with Gasteiger partial charge in [-0.15, -0.1) is 0 Å². The molecule has 1 unspecified atom stereocenters. The number of hydrogen-bond donors (Lipinski definition) is 2. The SMILES string of the molecule is CNC(=O)NC(=O)C(C)N(CCC#N)C(C)C. The first-order valence-corrected chi connectivity index (χ1v) is 5.59. The third kappa shape index (κ3) is 5.31. The van der Waals surface area contributed by atoms with E-state index in [1.165, 1.54) is 7.05 Å². The molecular formula is C11H20N4O2. The molecule has 0 heterocycles. The molecule has 0 aliphatic heterocycles. The molecule has 0 aromatic carbocycles. The fourth-order valence-corrected chi connectivity index (χ4v) is 1.51. The van der Waals surface area contributed by atoms with Crippen molar-refractivity contribution in [1.82, 2.24) is 15.5 Å². The van der Waals surface area contributed by atoms with Gasteiger partial charge in [0.1, 0.15) is 0 Å². The van der Waals surface area contributed by atoms with Crippen LogP contribution in [0.1, 0.15) is 27.2 Å². The molecule has 1 atom stereocenters. The van der Waals surface area contributed by atoms with Crippen molar-refractivity contribution in [3.63, 3.8) is 0 Å². The summed E-state index contributed by atoms with van der Waals surface area (Å²) >= 11 is 0. The lowest BCUT2D eigenvalue weighted by Gasteiger charge is -2.30. The fraction of sp³-hybridized carbons (Fsp3) is 0.727. The number of imide groups is 1. The number of urea groups is 1. The lowest BCUT2D eigenvalue weighted by molar-refractivity contribution is -0.125. The topological polar surface area (TPSA) is 85.2 Å². The van der Waals surface area contributed by atoms with Crippen molar-refractivity contribution in [2.24, 2.45) is 0 Å². The summed E-state index contributed by atoms with van der Waals surface area (Å²) in [4.78, 5) is 24.6. The van der Waals surface area contributed by atoms with E-state index in [0.717, 1.165) is 0 Å². The molecule has 0 aliphatic carbocycles. The normalized spacial score (nSPS) is 12.1. The second kappa shape index (κ2) is 7.63. The minimum atomic E-state index is -0.522. The van der Waals surface area contributed by atoms with Crippen molar-refractivity contribution >= 4 is 11.9 Å². The zero-order valence-corrected chi connectivity index (χ0v) is 10.8. The Morgan fingerprint density at radius 1 is 1.35 bits per heavy atom. The average molecular weight is 240 g/mol. The van der Waals surface area contributed by atoms with E-state index in [9.17, 15) is 9.59 Å². The summed E-state index contributed by atoms with van der Waals surface area (Å²) in [5.41, 5.74) is 0. The van der Waals surface area contributed by atoms with Gasteiger partial charge in [-0.1, -0.05) is 0 Å². The maximum absolute atomic E-state index is 11.7. The van der Waals surface area contributed by atoms with E-state index in [0.29, 0.717) is 13.0 Å². The van der Waals surface area contributed by atoms with Crippen LogP contribution in [-0.4, -0.2) is 42.5 Å². The van der Waals surface area contributed by atoms with Crippen LogP contribution in [0.2, 0.25) is 0 Å². The molecule has 0 spiro atoms. The molecule has 6 nitrogen and oxygen atoms in total. The number of amides is 3. The van der Waals surface area contributed by atoms with Crippen LogP contribution in [0, 0.1) is 11.3 Å². The highest BCUT2D eigenvalue weighted by atomic mass is 16.2. The van der Waals surface area contributed by atoms with Crippen molar-refractivity contribution in [1.29, 1.82) is 5.26 Å². The molecule has 17 heavy (non-hydrogen) atoms. The third-order valence-corrected chi connectivity index (χ3v) is 2.49. The Kier molecular flexibility index (Phi) is 6.91. The van der Waals surface area contributed by atoms with E-state index in [2.05, 4.69) is 10.6 Å². The zero-order valence-electron chi connectivity index (χ0n) is 10.8. The molecule has 0 radical (unpaired) electrons. The van der Waals surface area contributed by atoms with E-state index < -0.39 is 12.1 Å². The molecule has 0 fully saturated rings. The number of hydrogen-bond acceptors (Lipinski definition) is 4. The first-order valence-electron chi connectivity index (χ1n) is 5.59. The van der Waals surface area contributed by atoms with Gasteiger partial charge in [-0.05, 0) is 20.8 Å². The molecule has 3 amide bonds. The van der Waals surface area contributed by atoms with Gasteiger partial charge in [0.15, 0.2) is 0 Å². The molecule has 0 aliphatic rings. The van der Waals surface area contributed by atoms with Crippen molar-refractivity contribution < 1.29 is 9.59 Å². The number of nitrogens with one attached hydrogen (secondary N) is 2. The van der Waals surface area contributed by atoms with Crippen molar-refractivity contribution in [2.75, 3.05) is 13.6 Å². The summed E-state index contributed by atoms with van der Waals surface area (Å²) in [7, 11) is 1.45. The van der Waals surface area contributed by atoms with Crippen LogP contribution in [-0.2, 0) is 4.79 Å². The van der Waals surface area contributed by atoms with Crippen LogP contribution < -0.4 is 10.6 Å². The second-order valence-electron chi connectivity index (χ2n) is 3.98. The Labute approximate surface area is 102 Å². The van der Waals surface area contributed by atoms with Crippen molar-refractivity contribution in [3.8, 4) is 6.07 Å². The Morgan fingerprint density at radius 3 is 2.35 bits per heavy atom. The van der Waals surface area contributed by atoms with Gasteiger partial charge >= 0.3 is 6.03 Å². The Balaban J connectivity index is 4.50. The van der Waals surface area contributed by atoms with Gasteiger partial charge in [0.2, 0.25) is 5.91 Å². The summed E-state index contributed by atoms with van der Waals surface area (Å²) in [5.74, 6) is -0.365. The number of carbonyl (C=O) groups is 2. The highest BCUT2D eigenvalue weighted by Gasteiger charge is 2.24. The van der Waals surface area contributed by atoms with Crippen LogP contribution in [0.4, 0.5) is 4.79 Å². The fourth-order valence-electron chi connectivity index (χ4n) is 1.51. The number of nitrogens with zero attached hydrogens (tertiary/aromatic N) is 2. The average Bonchev–Trinajstić information content (AvgIpc) is 2.28. The van der Waals surface area contributed by atoms with Crippen LogP contribution in [0.5, 0.6) is 0 Å². The standard InChI is InChI=1S/C11H20N4O2/c1-8(2)15(7-5-6-12)9(3)10(16)14-11(17)13-4/h8-9H,5,7H2,1-4H3,(H2,13,14,16,17). The molecule has 0 bridgehead atoms. The van der Waals surface area contributed by atoms with Crippen LogP contribution >= 0.6 is 0 Å². The van der Waals surface area contributed by atoms with Crippen molar-refractivity contribution in [3.05, 3.63) is 0 Å². The third-order valence-electron chi connectivity index (χ3n) is 2.49. The van der Waals surface area contributed by atoms with Gasteiger partial charge in [-0.2, -0.15) is 5.26 Å². The summed E-state index contributed by atoms with van der Waals surface area (Å²) in [5, 5.41) is 13.1. The summed E-state index contributed by atoms with van der Waals surface area (Å²) < 4.78 is 0. The highest BCUT2D eigenvalue weighted by molar-refractivity contribution is 5.96. The Hall–Kier alpha value is -1.61. The predicted octanol–water partition coefficient (Wildman–Crippen LogP) is 0.455. The maximum Gasteiger partial charge on any atom is 0.321 e. The molecule has 0 saturated carbocycles. The number of rotatable bonds is 5. The van der Waals surface area contributed by atoms with E-state index >= 15 is 0 Å². The van der Waals surface area contributed by atoms with Crippen LogP contribution in [0.25, 0.3) is 0 Å². The van der Waals surface area contributed by atoms with E-state index in [1.54, 1.807) is 6.92 Å². The second-order valence-corrected chi connectivity index (χ2v) is 3.98. The van der Waals surface area contributed by atoms with Crippen LogP contribution in [0.15, 0.2) is 0 Å². The molecule has 0 aromatic heterocycles. The van der Waals surface area contributed by atoms with E-state index in [-0.39, 0.29) is 11.9 Å². The van der Waals surface area contributed by atoms with Crippen molar-refractivity contribution in [2.45, 2.75) is 39.3 Å². The molecule has 6 heteroatoms. The van der Waals surface area contributed by atoms with Gasteiger partial charge in [0.05, 0.1) is 12.1 Å². The molecular weight excluding hydrogens is 220 g/mol. The zero-order chi connectivity index (χ0) is 13.4. The molecule has 0 rings (SSSR count). The molecule has 2 N–H and O–H groups in total. The maximum atomic E-state index is 11.7. The minimum absolute atomic E-state index is 0.133. The first kappa shape index (κ1) is 15.4. The minimum Gasteiger partial charge on any atom is -0.341 e. The lowest BCUT2D eigenvalue weighted by Crippen LogP contribution is -2.51. The molecule has 96 valence electrons. The summed E-state index contributed by atoms with van der Waals surface area (Å²) in [6, 6.07) is 1.21. The van der Waals surface area contributed by atoms with Gasteiger partial charge in [0.25, 0.3) is 0 Å². The molecule has 0 saturated heterocycles.